The summed E-state index contributed by atoms with van der Waals surface area (Å²) in [5.41, 5.74) is 4.40. The van der Waals surface area contributed by atoms with Gasteiger partial charge in [-0.2, -0.15) is 0 Å². The van der Waals surface area contributed by atoms with E-state index in [0.29, 0.717) is 5.95 Å². The molecule has 1 N–H and O–H groups in total. The number of fused-ring (bicyclic) bond motifs is 1. The van der Waals surface area contributed by atoms with Crippen LogP contribution in [0, 0.1) is 6.92 Å². The van der Waals surface area contributed by atoms with E-state index in [4.69, 9.17) is 0 Å². The fourth-order valence-electron chi connectivity index (χ4n) is 2.27. The molecule has 20 heavy (non-hydrogen) atoms. The molecule has 0 spiro atoms. The van der Waals surface area contributed by atoms with Gasteiger partial charge in [-0.3, -0.25) is 4.98 Å². The first kappa shape index (κ1) is 12.5. The number of aryl methyl sites for hydroxylation is 1. The van der Waals surface area contributed by atoms with Crippen molar-refractivity contribution in [2.75, 3.05) is 12.4 Å². The minimum absolute atomic E-state index is 0.656. The van der Waals surface area contributed by atoms with Crippen molar-refractivity contribution in [1.82, 2.24) is 15.0 Å². The number of aromatic nitrogens is 3. The van der Waals surface area contributed by atoms with Crippen molar-refractivity contribution in [2.24, 2.45) is 0 Å². The topological polar surface area (TPSA) is 50.7 Å². The summed E-state index contributed by atoms with van der Waals surface area (Å²) in [7, 11) is 1.83. The monoisotopic (exact) mass is 264 g/mol. The number of rotatable bonds is 3. The largest absolute Gasteiger partial charge is 0.357 e. The lowest BCUT2D eigenvalue weighted by molar-refractivity contribution is 1.000. The summed E-state index contributed by atoms with van der Waals surface area (Å²) in [6, 6.07) is 10.2. The van der Waals surface area contributed by atoms with Crippen molar-refractivity contribution in [1.29, 1.82) is 0 Å². The smallest absolute Gasteiger partial charge is 0.222 e. The van der Waals surface area contributed by atoms with Crippen molar-refractivity contribution in [2.45, 2.75) is 13.3 Å². The third kappa shape index (κ3) is 2.32. The lowest BCUT2D eigenvalue weighted by Gasteiger charge is -2.09. The van der Waals surface area contributed by atoms with Gasteiger partial charge in [0.15, 0.2) is 0 Å². The Labute approximate surface area is 117 Å². The van der Waals surface area contributed by atoms with E-state index in [1.807, 2.05) is 44.6 Å². The summed E-state index contributed by atoms with van der Waals surface area (Å²) in [6.45, 7) is 2.04. The van der Waals surface area contributed by atoms with Crippen LogP contribution in [0.15, 0.2) is 42.7 Å². The predicted molar refractivity (Wildman–Crippen MR) is 80.9 cm³/mol. The van der Waals surface area contributed by atoms with Crippen LogP contribution < -0.4 is 5.32 Å². The summed E-state index contributed by atoms with van der Waals surface area (Å²) in [4.78, 5) is 13.2. The highest BCUT2D eigenvalue weighted by molar-refractivity contribution is 5.82. The zero-order valence-electron chi connectivity index (χ0n) is 11.6. The predicted octanol–water partition coefficient (Wildman–Crippen LogP) is 2.97. The van der Waals surface area contributed by atoms with Crippen LogP contribution in [0.25, 0.3) is 10.9 Å². The van der Waals surface area contributed by atoms with Gasteiger partial charge in [0.25, 0.3) is 0 Å². The van der Waals surface area contributed by atoms with E-state index in [1.54, 1.807) is 0 Å². The Bertz CT molecular complexity index is 747. The Kier molecular flexibility index (Phi) is 3.29. The molecular formula is C16H16N4. The zero-order valence-corrected chi connectivity index (χ0v) is 11.6. The number of hydrogen-bond acceptors (Lipinski definition) is 4. The number of pyridine rings is 1. The second kappa shape index (κ2) is 5.25. The Morgan fingerprint density at radius 2 is 1.95 bits per heavy atom. The lowest BCUT2D eigenvalue weighted by atomic mass is 10.0. The summed E-state index contributed by atoms with van der Waals surface area (Å²) in [5, 5.41) is 4.16. The highest BCUT2D eigenvalue weighted by atomic mass is 15.1. The van der Waals surface area contributed by atoms with Gasteiger partial charge in [-0.25, -0.2) is 9.97 Å². The van der Waals surface area contributed by atoms with Crippen LogP contribution in [0.3, 0.4) is 0 Å². The first-order valence-corrected chi connectivity index (χ1v) is 6.61. The molecule has 0 saturated heterocycles. The van der Waals surface area contributed by atoms with Crippen LogP contribution in [0.2, 0.25) is 0 Å². The number of nitrogens with one attached hydrogen (secondary N) is 1. The average Bonchev–Trinajstić information content (AvgIpc) is 2.50. The molecule has 0 fully saturated rings. The van der Waals surface area contributed by atoms with E-state index in [-0.39, 0.29) is 0 Å². The van der Waals surface area contributed by atoms with E-state index in [1.165, 1.54) is 10.9 Å². The number of nitrogens with zero attached hydrogens (tertiary/aromatic N) is 3. The van der Waals surface area contributed by atoms with Gasteiger partial charge < -0.3 is 5.32 Å². The van der Waals surface area contributed by atoms with Gasteiger partial charge in [0.2, 0.25) is 5.95 Å². The molecule has 0 saturated carbocycles. The molecule has 2 heterocycles. The van der Waals surface area contributed by atoms with Crippen LogP contribution >= 0.6 is 0 Å². The summed E-state index contributed by atoms with van der Waals surface area (Å²) < 4.78 is 0. The number of benzene rings is 1. The van der Waals surface area contributed by atoms with Crippen LogP contribution in [0.4, 0.5) is 5.95 Å². The fraction of sp³-hybridized carbons (Fsp3) is 0.188. The maximum Gasteiger partial charge on any atom is 0.222 e. The van der Waals surface area contributed by atoms with E-state index in [9.17, 15) is 0 Å². The minimum atomic E-state index is 0.656. The lowest BCUT2D eigenvalue weighted by Crippen LogP contribution is -2.03. The van der Waals surface area contributed by atoms with Crippen LogP contribution in [0.1, 0.15) is 16.8 Å². The van der Waals surface area contributed by atoms with Crippen molar-refractivity contribution < 1.29 is 0 Å². The van der Waals surface area contributed by atoms with Crippen molar-refractivity contribution in [3.8, 4) is 0 Å². The quantitative estimate of drug-likeness (QED) is 0.790. The minimum Gasteiger partial charge on any atom is -0.357 e. The molecule has 0 aliphatic heterocycles. The number of para-hydroxylation sites is 1. The van der Waals surface area contributed by atoms with Crippen LogP contribution in [0.5, 0.6) is 0 Å². The Balaban J connectivity index is 2.05. The van der Waals surface area contributed by atoms with E-state index < -0.39 is 0 Å². The molecule has 0 aliphatic carbocycles. The molecular weight excluding hydrogens is 248 g/mol. The summed E-state index contributed by atoms with van der Waals surface area (Å²) in [5.74, 6) is 0.656. The molecule has 0 aliphatic rings. The molecule has 4 nitrogen and oxygen atoms in total. The maximum absolute atomic E-state index is 4.55. The first-order valence-electron chi connectivity index (χ1n) is 6.61. The summed E-state index contributed by atoms with van der Waals surface area (Å²) in [6.07, 6.45) is 4.50. The van der Waals surface area contributed by atoms with Gasteiger partial charge in [0.1, 0.15) is 0 Å². The molecule has 0 amide bonds. The third-order valence-electron chi connectivity index (χ3n) is 3.40. The number of anilines is 1. The number of hydrogen-bond donors (Lipinski definition) is 1. The van der Waals surface area contributed by atoms with E-state index >= 15 is 0 Å². The van der Waals surface area contributed by atoms with Crippen molar-refractivity contribution >= 4 is 16.9 Å². The molecule has 0 radical (unpaired) electrons. The zero-order chi connectivity index (χ0) is 13.9. The van der Waals surface area contributed by atoms with Crippen LogP contribution in [-0.2, 0) is 6.42 Å². The van der Waals surface area contributed by atoms with Gasteiger partial charge in [0, 0.05) is 31.2 Å². The summed E-state index contributed by atoms with van der Waals surface area (Å²) >= 11 is 0. The molecule has 2 aromatic heterocycles. The molecule has 3 aromatic rings. The third-order valence-corrected chi connectivity index (χ3v) is 3.40. The Hall–Kier alpha value is -2.49. The highest BCUT2D eigenvalue weighted by Crippen LogP contribution is 2.20. The van der Waals surface area contributed by atoms with Gasteiger partial charge >= 0.3 is 0 Å². The first-order chi connectivity index (χ1) is 9.78. The van der Waals surface area contributed by atoms with Gasteiger partial charge in [0.05, 0.1) is 11.2 Å². The Morgan fingerprint density at radius 1 is 1.10 bits per heavy atom. The van der Waals surface area contributed by atoms with Gasteiger partial charge in [-0.15, -0.1) is 0 Å². The fourth-order valence-corrected chi connectivity index (χ4v) is 2.27. The van der Waals surface area contributed by atoms with Gasteiger partial charge in [-0.1, -0.05) is 18.2 Å². The maximum atomic E-state index is 4.55. The van der Waals surface area contributed by atoms with E-state index in [2.05, 4.69) is 32.4 Å². The molecule has 4 heteroatoms. The second-order valence-electron chi connectivity index (χ2n) is 4.74. The molecule has 0 unspecified atom stereocenters. The average molecular weight is 264 g/mol. The van der Waals surface area contributed by atoms with Gasteiger partial charge in [-0.05, 0) is 30.2 Å². The normalized spacial score (nSPS) is 10.7. The molecule has 0 bridgehead atoms. The standard InChI is InChI=1S/C16H16N4/c1-11-10-19-16(17-2)20-15(11)9-12-7-8-18-14-6-4-3-5-13(12)14/h3-8,10H,9H2,1-2H3,(H,17,19,20). The second-order valence-corrected chi connectivity index (χ2v) is 4.74. The molecule has 3 rings (SSSR count). The highest BCUT2D eigenvalue weighted by Gasteiger charge is 2.07. The SMILES string of the molecule is CNc1ncc(C)c(Cc2ccnc3ccccc23)n1. The van der Waals surface area contributed by atoms with E-state index in [0.717, 1.165) is 23.2 Å². The molecule has 1 aromatic carbocycles. The molecule has 100 valence electrons. The molecule has 0 atom stereocenters. The van der Waals surface area contributed by atoms with Crippen molar-refractivity contribution in [3.63, 3.8) is 0 Å². The Morgan fingerprint density at radius 3 is 2.80 bits per heavy atom. The van der Waals surface area contributed by atoms with Crippen molar-refractivity contribution in [3.05, 3.63) is 59.5 Å². The van der Waals surface area contributed by atoms with Crippen LogP contribution in [-0.4, -0.2) is 22.0 Å².